The van der Waals surface area contributed by atoms with E-state index >= 15 is 0 Å². The summed E-state index contributed by atoms with van der Waals surface area (Å²) in [5.41, 5.74) is 8.72. The molecule has 20 heteroatoms. The largest absolute Gasteiger partial charge is 0.481 e. The first-order chi connectivity index (χ1) is 28.8. The second-order valence-electron chi connectivity index (χ2n) is 17.9. The van der Waals surface area contributed by atoms with Crippen molar-refractivity contribution in [2.75, 3.05) is 13.2 Å². The lowest BCUT2D eigenvalue weighted by molar-refractivity contribution is -0.150. The minimum atomic E-state index is -0.944. The van der Waals surface area contributed by atoms with E-state index in [9.17, 15) is 38.4 Å². The summed E-state index contributed by atoms with van der Waals surface area (Å²) in [7, 11) is 0. The van der Waals surface area contributed by atoms with Gasteiger partial charge in [-0.2, -0.15) is 0 Å². The number of hydrogen-bond acceptors (Lipinski definition) is 12. The average molecular weight is 932 g/mol. The summed E-state index contributed by atoms with van der Waals surface area (Å²) in [5, 5.41) is 77.7. The maximum absolute atomic E-state index is 10.3. The van der Waals surface area contributed by atoms with Crippen LogP contribution in [-0.2, 0) is 38.4 Å². The van der Waals surface area contributed by atoms with Crippen LogP contribution in [0.2, 0.25) is 0 Å². The number of nitrogens with two attached hydrogens (primary N) is 2. The predicted octanol–water partition coefficient (Wildman–Crippen LogP) is 6.19. The topological polar surface area (TPSA) is 383 Å². The van der Waals surface area contributed by atoms with E-state index in [0.29, 0.717) is 31.6 Å². The Morgan fingerprint density at radius 3 is 1.20 bits per heavy atom. The Morgan fingerprint density at radius 2 is 1.14 bits per heavy atom. The number of unbranched alkanes of at least 4 members (excludes halogenated alkanes) is 1. The third kappa shape index (κ3) is 53.7. The van der Waals surface area contributed by atoms with Crippen molar-refractivity contribution < 1.29 is 84.3 Å². The zero-order valence-electron chi connectivity index (χ0n) is 41.4. The zero-order valence-corrected chi connectivity index (χ0v) is 41.4. The van der Waals surface area contributed by atoms with Crippen molar-refractivity contribution >= 4 is 47.8 Å². The van der Waals surface area contributed by atoms with Crippen LogP contribution in [0.4, 0.5) is 0 Å². The molecule has 0 amide bonds. The molecule has 1 heterocycles. The second kappa shape index (κ2) is 41.3. The summed E-state index contributed by atoms with van der Waals surface area (Å²) in [5.74, 6) is -5.76. The second-order valence-corrected chi connectivity index (χ2v) is 17.9. The van der Waals surface area contributed by atoms with Crippen LogP contribution in [0.15, 0.2) is 0 Å². The fourth-order valence-corrected chi connectivity index (χ4v) is 3.50. The summed E-state index contributed by atoms with van der Waals surface area (Å²) in [6.07, 6.45) is 6.12. The van der Waals surface area contributed by atoms with Gasteiger partial charge in [0.05, 0.1) is 23.9 Å². The Labute approximate surface area is 381 Å². The maximum Gasteiger partial charge on any atom is 0.320 e. The van der Waals surface area contributed by atoms with Crippen molar-refractivity contribution in [2.24, 2.45) is 45.5 Å². The molecule has 1 aliphatic rings. The summed E-state index contributed by atoms with van der Waals surface area (Å²) < 4.78 is 0. The van der Waals surface area contributed by atoms with Crippen LogP contribution >= 0.6 is 0 Å². The fraction of sp³-hybridized carbons (Fsp3) is 0.818. The van der Waals surface area contributed by atoms with E-state index in [1.165, 1.54) is 6.92 Å². The molecule has 0 aromatic rings. The smallest absolute Gasteiger partial charge is 0.320 e. The molecule has 14 N–H and O–H groups in total. The zero-order chi connectivity index (χ0) is 52.8. The summed E-state index contributed by atoms with van der Waals surface area (Å²) in [4.78, 5) is 80.5. The van der Waals surface area contributed by atoms with Gasteiger partial charge in [0.15, 0.2) is 0 Å². The lowest BCUT2D eigenvalue weighted by Crippen LogP contribution is -2.34. The highest BCUT2D eigenvalue weighted by molar-refractivity contribution is 5.75. The van der Waals surface area contributed by atoms with E-state index < -0.39 is 70.7 Å². The molecule has 1 aliphatic heterocycles. The van der Waals surface area contributed by atoms with Gasteiger partial charge in [-0.1, -0.05) is 95.9 Å². The van der Waals surface area contributed by atoms with Gasteiger partial charge in [0.2, 0.25) is 0 Å². The molecule has 20 nitrogen and oxygen atoms in total. The van der Waals surface area contributed by atoms with Crippen LogP contribution in [0.5, 0.6) is 0 Å². The van der Waals surface area contributed by atoms with Crippen LogP contribution in [-0.4, -0.2) is 125 Å². The van der Waals surface area contributed by atoms with Crippen molar-refractivity contribution in [2.45, 2.75) is 186 Å². The SMILES string of the molecule is CC(C)(C)CC(=O)O.CC(C)C(N)C(=O)O.CC(C)CC(=O)O.CC1CCNC1C(=O)O.CCC(C)(C)C(=O)O.CCC(C)(CO)C(=O)O.CCCC(N)C(=O)O.CCCCC(=O)O. The van der Waals surface area contributed by atoms with Gasteiger partial charge >= 0.3 is 47.8 Å². The predicted molar refractivity (Wildman–Crippen MR) is 245 cm³/mol. The van der Waals surface area contributed by atoms with Gasteiger partial charge in [-0.3, -0.25) is 38.4 Å². The van der Waals surface area contributed by atoms with Gasteiger partial charge in [-0.15, -0.1) is 0 Å². The molecule has 0 spiro atoms. The van der Waals surface area contributed by atoms with Crippen molar-refractivity contribution in [3.8, 4) is 0 Å². The quantitative estimate of drug-likeness (QED) is 0.0772. The van der Waals surface area contributed by atoms with E-state index in [-0.39, 0.29) is 42.7 Å². The van der Waals surface area contributed by atoms with Gasteiger partial charge in [0, 0.05) is 12.8 Å². The molecule has 0 saturated carbocycles. The van der Waals surface area contributed by atoms with E-state index in [2.05, 4.69) is 5.32 Å². The fourth-order valence-electron chi connectivity index (χ4n) is 3.50. The molecule has 0 aromatic heterocycles. The van der Waals surface area contributed by atoms with Crippen molar-refractivity contribution in [1.82, 2.24) is 5.32 Å². The highest BCUT2D eigenvalue weighted by atomic mass is 16.4. The highest BCUT2D eigenvalue weighted by Gasteiger charge is 2.30. The molecule has 0 radical (unpaired) electrons. The number of carboxylic acids is 8. The number of carbonyl (C=O) groups is 8. The minimum absolute atomic E-state index is 0.0208. The first-order valence-electron chi connectivity index (χ1n) is 21.5. The summed E-state index contributed by atoms with van der Waals surface area (Å²) in [6, 6.07) is -1.68. The Balaban J connectivity index is -0.000000116. The van der Waals surface area contributed by atoms with Crippen LogP contribution < -0.4 is 16.8 Å². The summed E-state index contributed by atoms with van der Waals surface area (Å²) in [6.45, 7) is 28.0. The van der Waals surface area contributed by atoms with Gasteiger partial charge in [0.25, 0.3) is 0 Å². The molecule has 382 valence electrons. The van der Waals surface area contributed by atoms with Crippen LogP contribution in [0.25, 0.3) is 0 Å². The van der Waals surface area contributed by atoms with E-state index in [1.54, 1.807) is 34.6 Å². The van der Waals surface area contributed by atoms with E-state index in [4.69, 9.17) is 57.4 Å². The molecule has 64 heavy (non-hydrogen) atoms. The molecule has 1 fully saturated rings. The molecule has 1 rings (SSSR count). The van der Waals surface area contributed by atoms with Crippen molar-refractivity contribution in [3.63, 3.8) is 0 Å². The third-order valence-electron chi connectivity index (χ3n) is 8.84. The Hall–Kier alpha value is -4.40. The van der Waals surface area contributed by atoms with Crippen molar-refractivity contribution in [1.29, 1.82) is 0 Å². The number of aliphatic carboxylic acids is 8. The number of carboxylic acid groups (broad SMARTS) is 8. The monoisotopic (exact) mass is 932 g/mol. The number of aliphatic hydroxyl groups excluding tert-OH is 1. The minimum Gasteiger partial charge on any atom is -0.481 e. The molecule has 5 atom stereocenters. The average Bonchev–Trinajstić information content (AvgIpc) is 3.59. The number of hydrogen-bond donors (Lipinski definition) is 12. The number of aliphatic hydroxyl groups is 1. The molecule has 1 saturated heterocycles. The van der Waals surface area contributed by atoms with Gasteiger partial charge < -0.3 is 62.7 Å². The first-order valence-corrected chi connectivity index (χ1v) is 21.5. The maximum atomic E-state index is 10.3. The lowest BCUT2D eigenvalue weighted by atomic mass is 9.89. The number of rotatable bonds is 17. The lowest BCUT2D eigenvalue weighted by Gasteiger charge is -2.18. The standard InChI is InChI=1S/C6H11NO2.C6H12O3.2C6H12O2.2C5H11NO2.2C5H10O2/c1-4-2-3-7-5(4)6(8)9;1-3-6(2,4-7)5(8)9;1-6(2,3)4-5(7)8;1-4-6(2,3)5(7)8;1-3(2)4(6)5(7)8;1-2-3-4(6)5(7)8;1-4(2)3-5(6)7;1-2-3-4-5(6)7/h4-5,7H,2-3H2,1H3,(H,8,9);7H,3-4H2,1-2H3,(H,8,9);2*4H2,1-3H3,(H,7,8);3-4H,6H2,1-2H3,(H,7,8);4H,2-3,6H2,1H3,(H,7,8);4H,3H2,1-2H3,(H,6,7);2-4H2,1H3,(H,6,7). The van der Waals surface area contributed by atoms with E-state index in [1.807, 2.05) is 62.3 Å². The Bertz CT molecular complexity index is 1290. The molecular weight excluding hydrogens is 842 g/mol. The van der Waals surface area contributed by atoms with E-state index in [0.717, 1.165) is 32.2 Å². The normalized spacial score (nSPS) is 15.5. The molecule has 0 aromatic carbocycles. The van der Waals surface area contributed by atoms with Crippen LogP contribution in [0.1, 0.15) is 168 Å². The van der Waals surface area contributed by atoms with Gasteiger partial charge in [0.1, 0.15) is 18.1 Å². The Morgan fingerprint density at radius 1 is 0.672 bits per heavy atom. The number of nitrogens with one attached hydrogen (secondary N) is 1. The Kier molecular flexibility index (Phi) is 47.8. The van der Waals surface area contributed by atoms with Gasteiger partial charge in [-0.05, 0) is 82.6 Å². The van der Waals surface area contributed by atoms with Crippen LogP contribution in [0.3, 0.4) is 0 Å². The van der Waals surface area contributed by atoms with Crippen molar-refractivity contribution in [3.05, 3.63) is 0 Å². The van der Waals surface area contributed by atoms with Gasteiger partial charge in [-0.25, -0.2) is 0 Å². The highest BCUT2D eigenvalue weighted by Crippen LogP contribution is 2.20. The first kappa shape index (κ1) is 74.0. The molecule has 5 unspecified atom stereocenters. The molecule has 0 aliphatic carbocycles. The third-order valence-corrected chi connectivity index (χ3v) is 8.84. The molecular formula is C44H89N3O17. The van der Waals surface area contributed by atoms with Crippen LogP contribution in [0, 0.1) is 34.0 Å². The molecule has 0 bridgehead atoms. The summed E-state index contributed by atoms with van der Waals surface area (Å²) >= 11 is 0.